The highest BCUT2D eigenvalue weighted by molar-refractivity contribution is 5.96. The van der Waals surface area contributed by atoms with Crippen molar-refractivity contribution in [2.24, 2.45) is 11.8 Å². The summed E-state index contributed by atoms with van der Waals surface area (Å²) in [6, 6.07) is 0. The monoisotopic (exact) mass is 326 g/mol. The molecule has 5 nitrogen and oxygen atoms in total. The van der Waals surface area contributed by atoms with Gasteiger partial charge in [-0.15, -0.1) is 0 Å². The first-order chi connectivity index (χ1) is 11.1. The summed E-state index contributed by atoms with van der Waals surface area (Å²) in [6.45, 7) is 9.69. The second-order valence-corrected chi connectivity index (χ2v) is 4.78. The van der Waals surface area contributed by atoms with Gasteiger partial charge in [-0.05, 0) is 44.8 Å². The van der Waals surface area contributed by atoms with Gasteiger partial charge in [0.05, 0.1) is 19.8 Å². The van der Waals surface area contributed by atoms with Crippen LogP contribution in [-0.2, 0) is 19.1 Å². The van der Waals surface area contributed by atoms with Crippen LogP contribution in [0.15, 0.2) is 23.3 Å². The van der Waals surface area contributed by atoms with Crippen LogP contribution in [0, 0.1) is 11.8 Å². The van der Waals surface area contributed by atoms with Gasteiger partial charge in [-0.1, -0.05) is 26.0 Å². The highest BCUT2D eigenvalue weighted by atomic mass is 16.6. The molecule has 1 atom stereocenters. The van der Waals surface area contributed by atoms with E-state index in [2.05, 4.69) is 0 Å². The average Bonchev–Trinajstić information content (AvgIpc) is 2.93. The van der Waals surface area contributed by atoms with E-state index in [1.807, 2.05) is 26.8 Å². The number of hydrogen-bond donors (Lipinski definition) is 1. The Kier molecular flexibility index (Phi) is 11.0. The molecule has 1 saturated carbocycles. The molecule has 1 aliphatic rings. The fourth-order valence-electron chi connectivity index (χ4n) is 2.81. The number of esters is 2. The van der Waals surface area contributed by atoms with Gasteiger partial charge in [-0.25, -0.2) is 0 Å². The van der Waals surface area contributed by atoms with E-state index >= 15 is 0 Å². The Balaban J connectivity index is 0.00000232. The van der Waals surface area contributed by atoms with Gasteiger partial charge in [0.25, 0.3) is 0 Å². The maximum absolute atomic E-state index is 12.2. The summed E-state index contributed by atoms with van der Waals surface area (Å²) in [5.41, 5.74) is 1.92. The predicted octanol–water partition coefficient (Wildman–Crippen LogP) is 3.03. The second kappa shape index (κ2) is 11.9. The number of carbonyl (C=O) groups is 2. The van der Waals surface area contributed by atoms with Crippen molar-refractivity contribution >= 4 is 11.9 Å². The molecule has 1 aliphatic carbocycles. The minimum Gasteiger partial charge on any atom is -0.465 e. The van der Waals surface area contributed by atoms with Crippen molar-refractivity contribution in [3.05, 3.63) is 23.3 Å². The van der Waals surface area contributed by atoms with Crippen LogP contribution in [0.2, 0.25) is 0 Å². The summed E-state index contributed by atoms with van der Waals surface area (Å²) in [7, 11) is 0. The van der Waals surface area contributed by atoms with Crippen LogP contribution in [-0.4, -0.2) is 36.9 Å². The Labute approximate surface area is 139 Å². The fourth-order valence-corrected chi connectivity index (χ4v) is 2.81. The summed E-state index contributed by atoms with van der Waals surface area (Å²) in [5.74, 6) is -2.25. The van der Waals surface area contributed by atoms with E-state index in [0.717, 1.165) is 17.6 Å². The van der Waals surface area contributed by atoms with Crippen LogP contribution in [0.5, 0.6) is 0 Å². The molecule has 0 spiro atoms. The van der Waals surface area contributed by atoms with Gasteiger partial charge in [0.2, 0.25) is 0 Å². The lowest BCUT2D eigenvalue weighted by atomic mass is 9.86. The first-order valence-electron chi connectivity index (χ1n) is 8.40. The Morgan fingerprint density at radius 3 is 2.13 bits per heavy atom. The lowest BCUT2D eigenvalue weighted by molar-refractivity contribution is -0.163. The second-order valence-electron chi connectivity index (χ2n) is 4.78. The molecule has 0 aromatic carbocycles. The normalized spacial score (nSPS) is 20.4. The number of hydrogen-bond acceptors (Lipinski definition) is 5. The van der Waals surface area contributed by atoms with Crippen LogP contribution in [0.3, 0.4) is 0 Å². The number of ether oxygens (including phenoxy) is 2. The van der Waals surface area contributed by atoms with Gasteiger partial charge >= 0.3 is 11.9 Å². The smallest absolute Gasteiger partial charge is 0.320 e. The quantitative estimate of drug-likeness (QED) is 0.600. The number of aliphatic hydroxyl groups is 1. The summed E-state index contributed by atoms with van der Waals surface area (Å²) in [4.78, 5) is 24.3. The maximum Gasteiger partial charge on any atom is 0.320 e. The lowest BCUT2D eigenvalue weighted by Crippen LogP contribution is -2.34. The molecule has 0 aromatic heterocycles. The number of allylic oxidation sites excluding steroid dienone is 3. The van der Waals surface area contributed by atoms with Gasteiger partial charge in [0.1, 0.15) is 0 Å². The van der Waals surface area contributed by atoms with Crippen molar-refractivity contribution in [2.45, 2.75) is 47.5 Å². The molecule has 0 amide bonds. The van der Waals surface area contributed by atoms with Crippen molar-refractivity contribution in [3.8, 4) is 0 Å². The zero-order chi connectivity index (χ0) is 17.8. The average molecular weight is 326 g/mol. The molecule has 132 valence electrons. The molecule has 1 fully saturated rings. The summed E-state index contributed by atoms with van der Waals surface area (Å²) < 4.78 is 10.1. The highest BCUT2D eigenvalue weighted by Gasteiger charge is 2.42. The van der Waals surface area contributed by atoms with E-state index in [4.69, 9.17) is 14.6 Å². The van der Waals surface area contributed by atoms with Crippen LogP contribution in [0.25, 0.3) is 0 Å². The van der Waals surface area contributed by atoms with E-state index in [1.54, 1.807) is 19.9 Å². The van der Waals surface area contributed by atoms with Crippen molar-refractivity contribution in [1.29, 1.82) is 0 Å². The molecule has 23 heavy (non-hydrogen) atoms. The molecule has 0 bridgehead atoms. The molecular weight excluding hydrogens is 296 g/mol. The van der Waals surface area contributed by atoms with E-state index in [9.17, 15) is 9.59 Å². The van der Waals surface area contributed by atoms with Gasteiger partial charge in [0.15, 0.2) is 5.92 Å². The van der Waals surface area contributed by atoms with Crippen LogP contribution >= 0.6 is 0 Å². The Bertz CT molecular complexity index is 419. The highest BCUT2D eigenvalue weighted by Crippen LogP contribution is 2.41. The first-order valence-corrected chi connectivity index (χ1v) is 8.40. The Morgan fingerprint density at radius 1 is 1.22 bits per heavy atom. The van der Waals surface area contributed by atoms with Gasteiger partial charge in [0, 0.05) is 5.92 Å². The number of carbonyl (C=O) groups excluding carboxylic acids is 2. The molecule has 0 radical (unpaired) electrons. The third-order valence-corrected chi connectivity index (χ3v) is 3.63. The van der Waals surface area contributed by atoms with E-state index in [0.29, 0.717) is 6.42 Å². The molecule has 1 N–H and O–H groups in total. The number of rotatable bonds is 6. The number of aliphatic hydroxyl groups excluding tert-OH is 1. The van der Waals surface area contributed by atoms with Crippen molar-refractivity contribution in [1.82, 2.24) is 0 Å². The summed E-state index contributed by atoms with van der Waals surface area (Å²) in [6.07, 6.45) is 5.03. The first kappa shape index (κ1) is 21.4. The van der Waals surface area contributed by atoms with Crippen molar-refractivity contribution in [2.75, 3.05) is 19.8 Å². The lowest BCUT2D eigenvalue weighted by Gasteiger charge is -2.21. The van der Waals surface area contributed by atoms with Crippen molar-refractivity contribution < 1.29 is 24.2 Å². The van der Waals surface area contributed by atoms with Gasteiger partial charge in [-0.3, -0.25) is 9.59 Å². The van der Waals surface area contributed by atoms with Crippen LogP contribution in [0.4, 0.5) is 0 Å². The van der Waals surface area contributed by atoms with E-state index in [-0.39, 0.29) is 25.7 Å². The van der Waals surface area contributed by atoms with Gasteiger partial charge in [-0.2, -0.15) is 0 Å². The standard InChI is InChI=1S/C16H24O5.C2H6/c1-4-12-11(9-10-17)7-8-13(12)14(15(18)20-5-2)16(19)21-6-3;1-2/h4,9,13-14,17H,5-8,10H2,1-3H3;1-2H3/b11-9-,12-4+;. The molecule has 0 aliphatic heterocycles. The summed E-state index contributed by atoms with van der Waals surface area (Å²) >= 11 is 0. The Morgan fingerprint density at radius 2 is 1.74 bits per heavy atom. The topological polar surface area (TPSA) is 72.8 Å². The SMILES string of the molecule is C/C=C1\C(=C/CO)CCC1C(C(=O)OCC)C(=O)OCC.CC. The molecule has 1 rings (SSSR count). The fraction of sp³-hybridized carbons (Fsp3) is 0.667. The predicted molar refractivity (Wildman–Crippen MR) is 89.8 cm³/mol. The van der Waals surface area contributed by atoms with E-state index < -0.39 is 17.9 Å². The molecule has 0 saturated heterocycles. The third-order valence-electron chi connectivity index (χ3n) is 3.63. The Hall–Kier alpha value is -1.62. The van der Waals surface area contributed by atoms with Crippen LogP contribution in [0.1, 0.15) is 47.5 Å². The largest absolute Gasteiger partial charge is 0.465 e. The maximum atomic E-state index is 12.2. The molecule has 1 unspecified atom stereocenters. The van der Waals surface area contributed by atoms with Crippen LogP contribution < -0.4 is 0 Å². The molecule has 5 heteroatoms. The summed E-state index contributed by atoms with van der Waals surface area (Å²) in [5, 5.41) is 9.06. The van der Waals surface area contributed by atoms with Crippen molar-refractivity contribution in [3.63, 3.8) is 0 Å². The molecular formula is C18H30O5. The minimum atomic E-state index is -0.930. The molecule has 0 aromatic rings. The minimum absolute atomic E-state index is 0.0527. The zero-order valence-electron chi connectivity index (χ0n) is 14.9. The zero-order valence-corrected chi connectivity index (χ0v) is 14.9. The third kappa shape index (κ3) is 5.82. The molecule has 0 heterocycles. The van der Waals surface area contributed by atoms with Gasteiger partial charge < -0.3 is 14.6 Å². The van der Waals surface area contributed by atoms with E-state index in [1.165, 1.54) is 0 Å².